The Bertz CT molecular complexity index is 936. The van der Waals surface area contributed by atoms with E-state index in [1.165, 1.54) is 29.4 Å². The zero-order chi connectivity index (χ0) is 18.9. The maximum Gasteiger partial charge on any atom is 0.243 e. The molecule has 0 aliphatic carbocycles. The van der Waals surface area contributed by atoms with Gasteiger partial charge in [0.15, 0.2) is 5.78 Å². The van der Waals surface area contributed by atoms with Gasteiger partial charge in [0, 0.05) is 37.4 Å². The van der Waals surface area contributed by atoms with E-state index in [0.717, 1.165) is 5.69 Å². The van der Waals surface area contributed by atoms with Gasteiger partial charge in [0.1, 0.15) is 5.82 Å². The van der Waals surface area contributed by atoms with Crippen molar-refractivity contribution < 1.29 is 17.6 Å². The van der Waals surface area contributed by atoms with Crippen molar-refractivity contribution in [2.24, 2.45) is 0 Å². The van der Waals surface area contributed by atoms with Crippen LogP contribution < -0.4 is 4.90 Å². The lowest BCUT2D eigenvalue weighted by molar-refractivity contribution is 0.101. The summed E-state index contributed by atoms with van der Waals surface area (Å²) in [5, 5.41) is 0. The fourth-order valence-electron chi connectivity index (χ4n) is 3.03. The minimum absolute atomic E-state index is 0.000238. The van der Waals surface area contributed by atoms with E-state index in [0.29, 0.717) is 37.3 Å². The number of hydrogen-bond acceptors (Lipinski definition) is 4. The summed E-state index contributed by atoms with van der Waals surface area (Å²) in [7, 11) is -3.64. The van der Waals surface area contributed by atoms with E-state index in [4.69, 9.17) is 0 Å². The summed E-state index contributed by atoms with van der Waals surface area (Å²) < 4.78 is 40.4. The number of sulfonamides is 1. The average molecular weight is 376 g/mol. The molecule has 0 unspecified atom stereocenters. The number of Topliss-reactive ketones (excluding diaryl/α,β-unsaturated/α-hetero) is 1. The molecule has 1 aliphatic rings. The highest BCUT2D eigenvalue weighted by atomic mass is 32.2. The van der Waals surface area contributed by atoms with Crippen LogP contribution in [0.5, 0.6) is 0 Å². The van der Waals surface area contributed by atoms with E-state index in [1.54, 1.807) is 13.0 Å². The molecule has 0 atom stereocenters. The Hall–Kier alpha value is -2.25. The van der Waals surface area contributed by atoms with E-state index < -0.39 is 15.8 Å². The summed E-state index contributed by atoms with van der Waals surface area (Å²) >= 11 is 0. The molecule has 1 aliphatic heterocycles. The van der Waals surface area contributed by atoms with Gasteiger partial charge in [-0.25, -0.2) is 12.8 Å². The summed E-state index contributed by atoms with van der Waals surface area (Å²) in [4.78, 5) is 13.7. The Morgan fingerprint density at radius 3 is 2.35 bits per heavy atom. The second-order valence-corrected chi connectivity index (χ2v) is 8.35. The fraction of sp³-hybridized carbons (Fsp3) is 0.316. The smallest absolute Gasteiger partial charge is 0.243 e. The van der Waals surface area contributed by atoms with Crippen molar-refractivity contribution in [3.8, 4) is 0 Å². The molecule has 0 aromatic heterocycles. The molecule has 1 saturated heterocycles. The SMILES string of the molecule is CC(=O)c1cccc(N2CCN(S(=O)(=O)c3ccc(F)c(C)c3)CC2)c1. The van der Waals surface area contributed by atoms with Crippen molar-refractivity contribution in [3.63, 3.8) is 0 Å². The molecule has 26 heavy (non-hydrogen) atoms. The van der Waals surface area contributed by atoms with Crippen molar-refractivity contribution in [3.05, 3.63) is 59.4 Å². The molecule has 138 valence electrons. The number of nitrogens with zero attached hydrogens (tertiary/aromatic N) is 2. The maximum absolute atomic E-state index is 13.4. The van der Waals surface area contributed by atoms with Crippen LogP contribution in [0.2, 0.25) is 0 Å². The number of rotatable bonds is 4. The van der Waals surface area contributed by atoms with Gasteiger partial charge in [0.25, 0.3) is 0 Å². The number of piperazine rings is 1. The van der Waals surface area contributed by atoms with Crippen LogP contribution in [-0.2, 0) is 10.0 Å². The molecule has 2 aromatic carbocycles. The number of anilines is 1. The van der Waals surface area contributed by atoms with Gasteiger partial charge < -0.3 is 4.90 Å². The van der Waals surface area contributed by atoms with Crippen LogP contribution in [0.25, 0.3) is 0 Å². The molecule has 0 radical (unpaired) electrons. The van der Waals surface area contributed by atoms with Gasteiger partial charge in [-0.1, -0.05) is 12.1 Å². The zero-order valence-electron chi connectivity index (χ0n) is 14.8. The minimum Gasteiger partial charge on any atom is -0.369 e. The van der Waals surface area contributed by atoms with Crippen LogP contribution in [0.4, 0.5) is 10.1 Å². The van der Waals surface area contributed by atoms with E-state index >= 15 is 0 Å². The van der Waals surface area contributed by atoms with Crippen LogP contribution in [0, 0.1) is 12.7 Å². The number of carbonyl (C=O) groups excluding carboxylic acids is 1. The number of carbonyl (C=O) groups is 1. The second kappa shape index (κ2) is 7.17. The molecule has 0 N–H and O–H groups in total. The Morgan fingerprint density at radius 1 is 1.04 bits per heavy atom. The van der Waals surface area contributed by atoms with Crippen LogP contribution in [0.15, 0.2) is 47.4 Å². The number of halogens is 1. The lowest BCUT2D eigenvalue weighted by Gasteiger charge is -2.35. The van der Waals surface area contributed by atoms with E-state index in [-0.39, 0.29) is 10.7 Å². The van der Waals surface area contributed by atoms with Gasteiger partial charge in [-0.05, 0) is 49.7 Å². The van der Waals surface area contributed by atoms with Crippen molar-refractivity contribution in [1.29, 1.82) is 0 Å². The number of hydrogen-bond donors (Lipinski definition) is 0. The van der Waals surface area contributed by atoms with Crippen molar-refractivity contribution in [2.75, 3.05) is 31.1 Å². The first kappa shape index (κ1) is 18.5. The molecule has 0 spiro atoms. The van der Waals surface area contributed by atoms with Gasteiger partial charge in [0.05, 0.1) is 4.90 Å². The highest BCUT2D eigenvalue weighted by Gasteiger charge is 2.29. The standard InChI is InChI=1S/C19H21FN2O3S/c1-14-12-18(6-7-19(14)20)26(24,25)22-10-8-21(9-11-22)17-5-3-4-16(13-17)15(2)23/h3-7,12-13H,8-11H2,1-2H3. The van der Waals surface area contributed by atoms with E-state index in [1.807, 2.05) is 18.2 Å². The molecule has 1 fully saturated rings. The lowest BCUT2D eigenvalue weighted by atomic mass is 10.1. The normalized spacial score (nSPS) is 15.9. The Labute approximate surface area is 153 Å². The van der Waals surface area contributed by atoms with Crippen LogP contribution in [-0.4, -0.2) is 44.7 Å². The van der Waals surface area contributed by atoms with Gasteiger partial charge in [-0.15, -0.1) is 0 Å². The Morgan fingerprint density at radius 2 is 1.73 bits per heavy atom. The molecule has 0 amide bonds. The molecular weight excluding hydrogens is 355 g/mol. The number of benzene rings is 2. The molecular formula is C19H21FN2O3S. The molecule has 1 heterocycles. The highest BCUT2D eigenvalue weighted by Crippen LogP contribution is 2.23. The van der Waals surface area contributed by atoms with Crippen molar-refractivity contribution >= 4 is 21.5 Å². The Balaban J connectivity index is 1.74. The summed E-state index contributed by atoms with van der Waals surface area (Å²) in [6.45, 7) is 4.80. The molecule has 7 heteroatoms. The first-order valence-electron chi connectivity index (χ1n) is 8.41. The summed E-state index contributed by atoms with van der Waals surface area (Å²) in [6.07, 6.45) is 0. The molecule has 0 bridgehead atoms. The molecule has 5 nitrogen and oxygen atoms in total. The first-order chi connectivity index (χ1) is 12.3. The monoisotopic (exact) mass is 376 g/mol. The predicted molar refractivity (Wildman–Crippen MR) is 98.6 cm³/mol. The van der Waals surface area contributed by atoms with Gasteiger partial charge >= 0.3 is 0 Å². The summed E-state index contributed by atoms with van der Waals surface area (Å²) in [5.41, 5.74) is 1.86. The molecule has 0 saturated carbocycles. The second-order valence-electron chi connectivity index (χ2n) is 6.41. The van der Waals surface area contributed by atoms with E-state index in [2.05, 4.69) is 4.90 Å². The summed E-state index contributed by atoms with van der Waals surface area (Å²) in [6, 6.07) is 11.2. The first-order valence-corrected chi connectivity index (χ1v) is 9.85. The fourth-order valence-corrected chi connectivity index (χ4v) is 4.54. The maximum atomic E-state index is 13.4. The largest absolute Gasteiger partial charge is 0.369 e. The molecule has 3 rings (SSSR count). The third-order valence-electron chi connectivity index (χ3n) is 4.62. The van der Waals surface area contributed by atoms with Gasteiger partial charge in [-0.3, -0.25) is 4.79 Å². The van der Waals surface area contributed by atoms with Gasteiger partial charge in [-0.2, -0.15) is 4.31 Å². The molecule has 2 aromatic rings. The van der Waals surface area contributed by atoms with Crippen molar-refractivity contribution in [2.45, 2.75) is 18.7 Å². The van der Waals surface area contributed by atoms with Crippen LogP contribution in [0.1, 0.15) is 22.8 Å². The Kier molecular flexibility index (Phi) is 5.11. The predicted octanol–water partition coefficient (Wildman–Crippen LogP) is 2.85. The zero-order valence-corrected chi connectivity index (χ0v) is 15.6. The van der Waals surface area contributed by atoms with E-state index in [9.17, 15) is 17.6 Å². The van der Waals surface area contributed by atoms with Crippen LogP contribution >= 0.6 is 0 Å². The van der Waals surface area contributed by atoms with Gasteiger partial charge in [0.2, 0.25) is 10.0 Å². The third-order valence-corrected chi connectivity index (χ3v) is 6.52. The third kappa shape index (κ3) is 3.64. The minimum atomic E-state index is -3.64. The average Bonchev–Trinajstić information content (AvgIpc) is 2.64. The van der Waals surface area contributed by atoms with Crippen LogP contribution in [0.3, 0.4) is 0 Å². The highest BCUT2D eigenvalue weighted by molar-refractivity contribution is 7.89. The number of aryl methyl sites for hydroxylation is 1. The topological polar surface area (TPSA) is 57.7 Å². The quantitative estimate of drug-likeness (QED) is 0.770. The summed E-state index contributed by atoms with van der Waals surface area (Å²) in [5.74, 6) is -0.418. The van der Waals surface area contributed by atoms with Crippen molar-refractivity contribution in [1.82, 2.24) is 4.31 Å². The lowest BCUT2D eigenvalue weighted by Crippen LogP contribution is -2.48. The number of ketones is 1.